The van der Waals surface area contributed by atoms with Crippen molar-refractivity contribution in [2.24, 2.45) is 0 Å². The molecule has 2 nitrogen and oxygen atoms in total. The van der Waals surface area contributed by atoms with Crippen LogP contribution in [-0.2, 0) is 6.54 Å². The monoisotopic (exact) mass is 240 g/mol. The first kappa shape index (κ1) is 13.7. The minimum absolute atomic E-state index is 0.607. The molecule has 0 amide bonds. The molecular formula is C13H24N2S. The van der Waals surface area contributed by atoms with E-state index >= 15 is 0 Å². The van der Waals surface area contributed by atoms with E-state index in [1.54, 1.807) is 0 Å². The van der Waals surface area contributed by atoms with Crippen LogP contribution < -0.4 is 5.32 Å². The van der Waals surface area contributed by atoms with Crippen LogP contribution in [0, 0.1) is 0 Å². The quantitative estimate of drug-likeness (QED) is 0.696. The van der Waals surface area contributed by atoms with E-state index in [9.17, 15) is 0 Å². The van der Waals surface area contributed by atoms with Gasteiger partial charge in [-0.1, -0.05) is 40.0 Å². The van der Waals surface area contributed by atoms with Gasteiger partial charge < -0.3 is 5.32 Å². The Morgan fingerprint density at radius 1 is 1.31 bits per heavy atom. The third kappa shape index (κ3) is 5.08. The molecule has 0 aliphatic carbocycles. The van der Waals surface area contributed by atoms with Crippen molar-refractivity contribution in [3.63, 3.8) is 0 Å². The fraction of sp³-hybridized carbons (Fsp3) is 0.769. The van der Waals surface area contributed by atoms with Gasteiger partial charge in [0, 0.05) is 17.6 Å². The lowest BCUT2D eigenvalue weighted by Gasteiger charge is -2.01. The number of thiazole rings is 1. The normalized spacial score (nSPS) is 11.2. The Morgan fingerprint density at radius 2 is 2.12 bits per heavy atom. The molecule has 0 bridgehead atoms. The lowest BCUT2D eigenvalue weighted by atomic mass is 10.2. The van der Waals surface area contributed by atoms with Crippen LogP contribution in [0.2, 0.25) is 0 Å². The maximum atomic E-state index is 4.43. The average molecular weight is 240 g/mol. The third-order valence-electron chi connectivity index (χ3n) is 2.62. The van der Waals surface area contributed by atoms with E-state index in [0.717, 1.165) is 13.1 Å². The van der Waals surface area contributed by atoms with Crippen LogP contribution in [-0.4, -0.2) is 11.5 Å². The van der Waals surface area contributed by atoms with Crippen molar-refractivity contribution in [3.05, 3.63) is 16.1 Å². The van der Waals surface area contributed by atoms with E-state index in [0.29, 0.717) is 5.92 Å². The molecule has 0 saturated heterocycles. The summed E-state index contributed by atoms with van der Waals surface area (Å²) in [6.07, 6.45) is 7.32. The summed E-state index contributed by atoms with van der Waals surface area (Å²) in [5, 5.41) is 4.68. The Morgan fingerprint density at radius 3 is 2.75 bits per heavy atom. The number of aromatic nitrogens is 1. The molecule has 0 aromatic carbocycles. The number of nitrogens with one attached hydrogen (secondary N) is 1. The van der Waals surface area contributed by atoms with Crippen LogP contribution in [0.4, 0.5) is 0 Å². The second-order valence-electron chi connectivity index (χ2n) is 4.55. The van der Waals surface area contributed by atoms with Gasteiger partial charge in [-0.05, 0) is 18.9 Å². The molecule has 0 saturated carbocycles. The summed E-state index contributed by atoms with van der Waals surface area (Å²) in [6.45, 7) is 8.74. The Balaban J connectivity index is 2.12. The molecule has 1 aromatic heterocycles. The fourth-order valence-electron chi connectivity index (χ4n) is 1.55. The highest BCUT2D eigenvalue weighted by Gasteiger charge is 2.04. The SMILES string of the molecule is CCCCCCNCc1ncc(C(C)C)s1. The van der Waals surface area contributed by atoms with Crippen LogP contribution in [0.1, 0.15) is 62.3 Å². The van der Waals surface area contributed by atoms with Crippen molar-refractivity contribution in [1.29, 1.82) is 0 Å². The molecule has 0 unspecified atom stereocenters. The second kappa shape index (κ2) is 7.80. The molecule has 1 aromatic rings. The Labute approximate surface area is 103 Å². The lowest BCUT2D eigenvalue weighted by molar-refractivity contribution is 0.597. The zero-order valence-electron chi connectivity index (χ0n) is 10.8. The van der Waals surface area contributed by atoms with Crippen molar-refractivity contribution in [2.75, 3.05) is 6.54 Å². The highest BCUT2D eigenvalue weighted by atomic mass is 32.1. The van der Waals surface area contributed by atoms with E-state index in [1.165, 1.54) is 35.6 Å². The summed E-state index contributed by atoms with van der Waals surface area (Å²) in [4.78, 5) is 5.82. The summed E-state index contributed by atoms with van der Waals surface area (Å²) in [5.74, 6) is 0.607. The predicted octanol–water partition coefficient (Wildman–Crippen LogP) is 3.94. The lowest BCUT2D eigenvalue weighted by Crippen LogP contribution is -2.14. The molecule has 16 heavy (non-hydrogen) atoms. The molecule has 0 aliphatic heterocycles. The molecule has 1 N–H and O–H groups in total. The topological polar surface area (TPSA) is 24.9 Å². The summed E-state index contributed by atoms with van der Waals surface area (Å²) >= 11 is 1.84. The maximum Gasteiger partial charge on any atom is 0.107 e. The molecule has 1 heterocycles. The van der Waals surface area contributed by atoms with Crippen LogP contribution in [0.25, 0.3) is 0 Å². The van der Waals surface area contributed by atoms with Crippen molar-refractivity contribution in [1.82, 2.24) is 10.3 Å². The highest BCUT2D eigenvalue weighted by Crippen LogP contribution is 2.21. The Kier molecular flexibility index (Phi) is 6.65. The Hall–Kier alpha value is -0.410. The Bertz CT molecular complexity index is 281. The average Bonchev–Trinajstić information content (AvgIpc) is 2.72. The van der Waals surface area contributed by atoms with Gasteiger partial charge in [-0.15, -0.1) is 11.3 Å². The van der Waals surface area contributed by atoms with E-state index < -0.39 is 0 Å². The van der Waals surface area contributed by atoms with Gasteiger partial charge in [0.05, 0.1) is 0 Å². The summed E-state index contributed by atoms with van der Waals surface area (Å²) in [6, 6.07) is 0. The first-order valence-corrected chi connectivity index (χ1v) is 7.21. The number of hydrogen-bond donors (Lipinski definition) is 1. The van der Waals surface area contributed by atoms with Gasteiger partial charge in [0.25, 0.3) is 0 Å². The van der Waals surface area contributed by atoms with Crippen molar-refractivity contribution in [3.8, 4) is 0 Å². The van der Waals surface area contributed by atoms with E-state index in [2.05, 4.69) is 31.1 Å². The summed E-state index contributed by atoms with van der Waals surface area (Å²) < 4.78 is 0. The molecular weight excluding hydrogens is 216 g/mol. The highest BCUT2D eigenvalue weighted by molar-refractivity contribution is 7.11. The molecule has 3 heteroatoms. The third-order valence-corrected chi connectivity index (χ3v) is 3.92. The molecule has 0 aliphatic rings. The van der Waals surface area contributed by atoms with Crippen LogP contribution in [0.3, 0.4) is 0 Å². The van der Waals surface area contributed by atoms with E-state index in [-0.39, 0.29) is 0 Å². The van der Waals surface area contributed by atoms with Crippen LogP contribution in [0.15, 0.2) is 6.20 Å². The molecule has 0 fully saturated rings. The van der Waals surface area contributed by atoms with Gasteiger partial charge >= 0.3 is 0 Å². The van der Waals surface area contributed by atoms with Crippen molar-refractivity contribution in [2.45, 2.75) is 58.9 Å². The van der Waals surface area contributed by atoms with Gasteiger partial charge in [0.2, 0.25) is 0 Å². The van der Waals surface area contributed by atoms with Gasteiger partial charge in [-0.25, -0.2) is 4.98 Å². The van der Waals surface area contributed by atoms with Crippen LogP contribution >= 0.6 is 11.3 Å². The zero-order chi connectivity index (χ0) is 11.8. The number of rotatable bonds is 8. The second-order valence-corrected chi connectivity index (χ2v) is 5.70. The van der Waals surface area contributed by atoms with E-state index in [1.807, 2.05) is 17.5 Å². The molecule has 0 atom stereocenters. The van der Waals surface area contributed by atoms with Crippen molar-refractivity contribution >= 4 is 11.3 Å². The van der Waals surface area contributed by atoms with Gasteiger partial charge in [-0.2, -0.15) is 0 Å². The number of hydrogen-bond acceptors (Lipinski definition) is 3. The zero-order valence-corrected chi connectivity index (χ0v) is 11.6. The summed E-state index contributed by atoms with van der Waals surface area (Å²) in [7, 11) is 0. The van der Waals surface area contributed by atoms with Gasteiger partial charge in [0.1, 0.15) is 5.01 Å². The van der Waals surface area contributed by atoms with Gasteiger partial charge in [0.15, 0.2) is 0 Å². The van der Waals surface area contributed by atoms with E-state index in [4.69, 9.17) is 0 Å². The summed E-state index contributed by atoms with van der Waals surface area (Å²) in [5.41, 5.74) is 0. The fourth-order valence-corrected chi connectivity index (χ4v) is 2.44. The standard InChI is InChI=1S/C13H24N2S/c1-4-5-6-7-8-14-10-13-15-9-12(16-13)11(2)3/h9,11,14H,4-8,10H2,1-3H3. The maximum absolute atomic E-state index is 4.43. The first-order chi connectivity index (χ1) is 7.74. The molecule has 92 valence electrons. The minimum atomic E-state index is 0.607. The van der Waals surface area contributed by atoms with Gasteiger partial charge in [-0.3, -0.25) is 0 Å². The largest absolute Gasteiger partial charge is 0.310 e. The number of nitrogens with zero attached hydrogens (tertiary/aromatic N) is 1. The van der Waals surface area contributed by atoms with Crippen LogP contribution in [0.5, 0.6) is 0 Å². The number of unbranched alkanes of at least 4 members (excludes halogenated alkanes) is 3. The van der Waals surface area contributed by atoms with Crippen molar-refractivity contribution < 1.29 is 0 Å². The first-order valence-electron chi connectivity index (χ1n) is 6.39. The predicted molar refractivity (Wildman–Crippen MR) is 72.1 cm³/mol. The smallest absolute Gasteiger partial charge is 0.107 e. The minimum Gasteiger partial charge on any atom is -0.310 e. The molecule has 1 rings (SSSR count). The molecule has 0 spiro atoms. The molecule has 0 radical (unpaired) electrons.